The van der Waals surface area contributed by atoms with E-state index in [2.05, 4.69) is 84.8 Å². The number of rotatable bonds is 11. The molecule has 0 atom stereocenters. The summed E-state index contributed by atoms with van der Waals surface area (Å²) in [5.41, 5.74) is 4.65. The first-order valence-electron chi connectivity index (χ1n) is 11.0. The van der Waals surface area contributed by atoms with Gasteiger partial charge in [0, 0.05) is 0 Å². The van der Waals surface area contributed by atoms with E-state index >= 15 is 0 Å². The third-order valence-electron chi connectivity index (χ3n) is 5.08. The Morgan fingerprint density at radius 1 is 0.839 bits per heavy atom. The Balaban J connectivity index is 1.81. The SMILES string of the molecule is CCCCC[C](=[Ni])N(C=Cc1ccc(OCC)cc1)c1ccc(-c2ccccc2)cc1. The van der Waals surface area contributed by atoms with Crippen LogP contribution in [-0.4, -0.2) is 11.2 Å². The summed E-state index contributed by atoms with van der Waals surface area (Å²) in [6.45, 7) is 4.89. The molecule has 0 spiro atoms. The molecular weight excluding hydrogens is 425 g/mol. The quantitative estimate of drug-likeness (QED) is 0.219. The van der Waals surface area contributed by atoms with Crippen molar-refractivity contribution < 1.29 is 19.8 Å². The maximum absolute atomic E-state index is 5.54. The number of benzene rings is 3. The van der Waals surface area contributed by atoms with Crippen molar-refractivity contribution in [2.75, 3.05) is 11.5 Å². The zero-order chi connectivity index (χ0) is 21.9. The molecule has 3 heteroatoms. The molecule has 3 aromatic carbocycles. The van der Waals surface area contributed by atoms with Gasteiger partial charge in [0.05, 0.1) is 0 Å². The van der Waals surface area contributed by atoms with Gasteiger partial charge in [0.1, 0.15) is 0 Å². The van der Waals surface area contributed by atoms with Crippen molar-refractivity contribution in [2.45, 2.75) is 39.5 Å². The molecule has 31 heavy (non-hydrogen) atoms. The van der Waals surface area contributed by atoms with Crippen molar-refractivity contribution in [3.63, 3.8) is 0 Å². The van der Waals surface area contributed by atoms with E-state index in [0.717, 1.165) is 34.5 Å². The molecule has 0 saturated carbocycles. The van der Waals surface area contributed by atoms with Crippen LogP contribution in [0.5, 0.6) is 5.75 Å². The summed E-state index contributed by atoms with van der Waals surface area (Å²) >= 11 is 5.46. The molecule has 164 valence electrons. The van der Waals surface area contributed by atoms with Crippen LogP contribution in [0.3, 0.4) is 0 Å². The summed E-state index contributed by atoms with van der Waals surface area (Å²) in [6.07, 6.45) is 8.66. The van der Waals surface area contributed by atoms with Gasteiger partial charge in [0.2, 0.25) is 0 Å². The summed E-state index contributed by atoms with van der Waals surface area (Å²) < 4.78 is 6.53. The molecule has 0 aliphatic rings. The van der Waals surface area contributed by atoms with Crippen LogP contribution in [0.15, 0.2) is 85.1 Å². The van der Waals surface area contributed by atoms with Crippen LogP contribution in [0, 0.1) is 0 Å². The topological polar surface area (TPSA) is 12.5 Å². The number of anilines is 1. The van der Waals surface area contributed by atoms with Gasteiger partial charge < -0.3 is 0 Å². The van der Waals surface area contributed by atoms with Crippen LogP contribution >= 0.6 is 0 Å². The van der Waals surface area contributed by atoms with Gasteiger partial charge in [0.15, 0.2) is 0 Å². The van der Waals surface area contributed by atoms with Crippen LogP contribution in [0.25, 0.3) is 17.2 Å². The zero-order valence-electron chi connectivity index (χ0n) is 18.4. The van der Waals surface area contributed by atoms with Crippen molar-refractivity contribution in [3.8, 4) is 16.9 Å². The van der Waals surface area contributed by atoms with E-state index in [1.807, 2.05) is 25.1 Å². The summed E-state index contributed by atoms with van der Waals surface area (Å²) in [6, 6.07) is 27.3. The van der Waals surface area contributed by atoms with Crippen molar-refractivity contribution in [1.82, 2.24) is 0 Å². The van der Waals surface area contributed by atoms with Crippen LogP contribution in [0.1, 0.15) is 45.1 Å². The van der Waals surface area contributed by atoms with E-state index in [4.69, 9.17) is 19.8 Å². The van der Waals surface area contributed by atoms with Crippen molar-refractivity contribution in [3.05, 3.63) is 90.6 Å². The van der Waals surface area contributed by atoms with E-state index in [1.165, 1.54) is 24.0 Å². The van der Waals surface area contributed by atoms with Gasteiger partial charge in [-0.25, -0.2) is 0 Å². The third-order valence-corrected chi connectivity index (χ3v) is 5.56. The number of nitrogens with zero attached hydrogens (tertiary/aromatic N) is 1. The van der Waals surface area contributed by atoms with Crippen LogP contribution in [0.2, 0.25) is 0 Å². The summed E-state index contributed by atoms with van der Waals surface area (Å²) in [5.74, 6) is 0.894. The minimum atomic E-state index is 0.676. The van der Waals surface area contributed by atoms with Gasteiger partial charge in [0.25, 0.3) is 0 Å². The van der Waals surface area contributed by atoms with Crippen LogP contribution in [0.4, 0.5) is 5.69 Å². The predicted molar refractivity (Wildman–Crippen MR) is 130 cm³/mol. The summed E-state index contributed by atoms with van der Waals surface area (Å²) in [5, 5.41) is 0. The number of hydrogen-bond acceptors (Lipinski definition) is 2. The van der Waals surface area contributed by atoms with Crippen molar-refractivity contribution in [2.24, 2.45) is 0 Å². The van der Waals surface area contributed by atoms with E-state index in [1.54, 1.807) is 0 Å². The van der Waals surface area contributed by atoms with Crippen LogP contribution < -0.4 is 9.64 Å². The van der Waals surface area contributed by atoms with Gasteiger partial charge in [-0.1, -0.05) is 0 Å². The van der Waals surface area contributed by atoms with E-state index in [0.29, 0.717) is 6.61 Å². The van der Waals surface area contributed by atoms with E-state index < -0.39 is 0 Å². The third kappa shape index (κ3) is 6.94. The zero-order valence-corrected chi connectivity index (χ0v) is 19.4. The molecule has 0 aromatic heterocycles. The van der Waals surface area contributed by atoms with E-state index in [-0.39, 0.29) is 0 Å². The molecule has 0 heterocycles. The molecule has 0 N–H and O–H groups in total. The number of unbranched alkanes of at least 4 members (excludes halogenated alkanes) is 2. The fourth-order valence-electron chi connectivity index (χ4n) is 3.37. The molecule has 0 aliphatic carbocycles. The molecular formula is C28H31NNiO. The number of ether oxygens (including phenoxy) is 1. The first-order chi connectivity index (χ1) is 15.2. The second-order valence-electron chi connectivity index (χ2n) is 7.40. The van der Waals surface area contributed by atoms with Gasteiger partial charge in [-0.3, -0.25) is 0 Å². The maximum atomic E-state index is 5.54. The molecule has 0 unspecified atom stereocenters. The van der Waals surface area contributed by atoms with Crippen LogP contribution in [-0.2, 0) is 15.0 Å². The van der Waals surface area contributed by atoms with Crippen molar-refractivity contribution >= 4 is 16.4 Å². The average Bonchev–Trinajstić information content (AvgIpc) is 2.82. The standard InChI is InChI=1S/C28H31NO.Ni/c1-3-5-6-10-22-29(23-21-24-13-19-28(20-14-24)30-4-2)27-17-15-26(16-18-27)25-11-8-7-9-12-25;/h7-9,11-21,23H,3-6,10H2,1-2H3;. The average molecular weight is 456 g/mol. The minimum absolute atomic E-state index is 0.676. The molecule has 0 aliphatic heterocycles. The molecule has 0 fully saturated rings. The van der Waals surface area contributed by atoms with Gasteiger partial charge in [-0.15, -0.1) is 0 Å². The van der Waals surface area contributed by atoms with Gasteiger partial charge in [-0.05, 0) is 0 Å². The van der Waals surface area contributed by atoms with Crippen molar-refractivity contribution in [1.29, 1.82) is 0 Å². The Labute approximate surface area is 194 Å². The molecule has 0 amide bonds. The normalized spacial score (nSPS) is 11.0. The fourth-order valence-corrected chi connectivity index (χ4v) is 3.75. The molecule has 0 radical (unpaired) electrons. The second-order valence-corrected chi connectivity index (χ2v) is 7.97. The Kier molecular flexibility index (Phi) is 9.12. The summed E-state index contributed by atoms with van der Waals surface area (Å²) in [7, 11) is 0. The Morgan fingerprint density at radius 2 is 1.52 bits per heavy atom. The molecule has 2 nitrogen and oxygen atoms in total. The fraction of sp³-hybridized carbons (Fsp3) is 0.250. The molecule has 0 saturated heterocycles. The van der Waals surface area contributed by atoms with Gasteiger partial charge >= 0.3 is 195 Å². The second kappa shape index (κ2) is 12.3. The molecule has 0 bridgehead atoms. The predicted octanol–water partition coefficient (Wildman–Crippen LogP) is 7.49. The number of hydrogen-bond donors (Lipinski definition) is 0. The molecule has 3 aromatic rings. The first-order valence-corrected chi connectivity index (χ1v) is 11.5. The Hall–Kier alpha value is -2.64. The Bertz CT molecular complexity index is 962. The molecule has 3 rings (SSSR count). The van der Waals surface area contributed by atoms with Gasteiger partial charge in [-0.2, -0.15) is 0 Å². The monoisotopic (exact) mass is 455 g/mol. The first kappa shape index (κ1) is 23.0. The van der Waals surface area contributed by atoms with E-state index in [9.17, 15) is 0 Å². The summed E-state index contributed by atoms with van der Waals surface area (Å²) in [4.78, 5) is 2.15. The Morgan fingerprint density at radius 3 is 2.16 bits per heavy atom.